The molecular weight excluding hydrogens is 190 g/mol. The molecule has 0 amide bonds. The van der Waals surface area contributed by atoms with Crippen LogP contribution in [0.3, 0.4) is 0 Å². The Morgan fingerprint density at radius 1 is 1.29 bits per heavy atom. The Balaban J connectivity index is 2.39. The molecule has 0 radical (unpaired) electrons. The lowest BCUT2D eigenvalue weighted by atomic mass is 10.1. The van der Waals surface area contributed by atoms with E-state index in [1.807, 2.05) is 11.3 Å². The van der Waals surface area contributed by atoms with E-state index in [0.29, 0.717) is 0 Å². The third-order valence-electron chi connectivity index (χ3n) is 2.52. The molecule has 1 aromatic heterocycles. The van der Waals surface area contributed by atoms with E-state index in [1.54, 1.807) is 0 Å². The average Bonchev–Trinajstić information content (AvgIpc) is 2.66. The normalized spacial score (nSPS) is 13.1. The highest BCUT2D eigenvalue weighted by Gasteiger charge is 2.07. The van der Waals surface area contributed by atoms with Gasteiger partial charge in [0, 0.05) is 15.8 Å². The number of hydrogen-bond donors (Lipinski definition) is 1. The third-order valence-corrected chi connectivity index (χ3v) is 3.88. The van der Waals surface area contributed by atoms with Gasteiger partial charge in [-0.2, -0.15) is 0 Å². The van der Waals surface area contributed by atoms with Gasteiger partial charge < -0.3 is 5.73 Å². The number of hydrogen-bond acceptors (Lipinski definition) is 2. The summed E-state index contributed by atoms with van der Waals surface area (Å²) in [6.45, 7) is 4.42. The molecule has 2 heteroatoms. The summed E-state index contributed by atoms with van der Waals surface area (Å²) in [5, 5.41) is 0. The van der Waals surface area contributed by atoms with Gasteiger partial charge in [0.1, 0.15) is 0 Å². The maximum Gasteiger partial charge on any atom is 0.0389 e. The van der Waals surface area contributed by atoms with E-state index in [9.17, 15) is 0 Å². The SMILES string of the molecule is CCCCC[C@@H](N)c1ccc(CC)s1. The molecule has 0 aliphatic heterocycles. The summed E-state index contributed by atoms with van der Waals surface area (Å²) < 4.78 is 0. The van der Waals surface area contributed by atoms with Crippen LogP contribution >= 0.6 is 11.3 Å². The summed E-state index contributed by atoms with van der Waals surface area (Å²) in [6, 6.07) is 4.67. The maximum atomic E-state index is 6.11. The monoisotopic (exact) mass is 211 g/mol. The molecule has 0 aromatic carbocycles. The van der Waals surface area contributed by atoms with Crippen molar-refractivity contribution in [3.05, 3.63) is 21.9 Å². The Kier molecular flexibility index (Phi) is 5.20. The lowest BCUT2D eigenvalue weighted by Crippen LogP contribution is -2.07. The quantitative estimate of drug-likeness (QED) is 0.710. The van der Waals surface area contributed by atoms with Crippen LogP contribution in [0.25, 0.3) is 0 Å². The second-order valence-electron chi connectivity index (χ2n) is 3.76. The first kappa shape index (κ1) is 11.7. The zero-order chi connectivity index (χ0) is 10.4. The highest BCUT2D eigenvalue weighted by atomic mass is 32.1. The van der Waals surface area contributed by atoms with Gasteiger partial charge in [-0.15, -0.1) is 11.3 Å². The van der Waals surface area contributed by atoms with Crippen molar-refractivity contribution in [2.24, 2.45) is 5.73 Å². The highest BCUT2D eigenvalue weighted by Crippen LogP contribution is 2.25. The van der Waals surface area contributed by atoms with Crippen LogP contribution in [0.1, 0.15) is 55.3 Å². The average molecular weight is 211 g/mol. The standard InChI is InChI=1S/C12H21NS/c1-3-5-6-7-11(13)12-9-8-10(4-2)14-12/h8-9,11H,3-7,13H2,1-2H3/t11-/m1/s1. The van der Waals surface area contributed by atoms with Crippen LogP contribution in [-0.2, 0) is 6.42 Å². The lowest BCUT2D eigenvalue weighted by molar-refractivity contribution is 0.587. The minimum atomic E-state index is 0.270. The van der Waals surface area contributed by atoms with Crippen LogP contribution in [0.4, 0.5) is 0 Å². The van der Waals surface area contributed by atoms with Crippen LogP contribution in [0, 0.1) is 0 Å². The summed E-state index contributed by atoms with van der Waals surface area (Å²) >= 11 is 1.87. The molecule has 0 unspecified atom stereocenters. The van der Waals surface area contributed by atoms with Crippen LogP contribution in [0.5, 0.6) is 0 Å². The second kappa shape index (κ2) is 6.20. The molecule has 0 aliphatic carbocycles. The van der Waals surface area contributed by atoms with Gasteiger partial charge in [0.05, 0.1) is 0 Å². The van der Waals surface area contributed by atoms with Gasteiger partial charge in [0.25, 0.3) is 0 Å². The number of unbranched alkanes of at least 4 members (excludes halogenated alkanes) is 2. The van der Waals surface area contributed by atoms with E-state index < -0.39 is 0 Å². The topological polar surface area (TPSA) is 26.0 Å². The van der Waals surface area contributed by atoms with Crippen molar-refractivity contribution in [1.29, 1.82) is 0 Å². The first-order valence-corrected chi connectivity index (χ1v) is 6.43. The van der Waals surface area contributed by atoms with Crippen molar-refractivity contribution in [3.63, 3.8) is 0 Å². The minimum Gasteiger partial charge on any atom is -0.323 e. The summed E-state index contributed by atoms with van der Waals surface area (Å²) in [7, 11) is 0. The van der Waals surface area contributed by atoms with Crippen LogP contribution < -0.4 is 5.73 Å². The molecule has 2 N–H and O–H groups in total. The van der Waals surface area contributed by atoms with Gasteiger partial charge in [-0.25, -0.2) is 0 Å². The zero-order valence-electron chi connectivity index (χ0n) is 9.25. The van der Waals surface area contributed by atoms with E-state index >= 15 is 0 Å². The molecule has 1 heterocycles. The largest absolute Gasteiger partial charge is 0.323 e. The summed E-state index contributed by atoms with van der Waals surface area (Å²) in [5.74, 6) is 0. The first-order valence-electron chi connectivity index (χ1n) is 5.62. The predicted molar refractivity (Wildman–Crippen MR) is 64.8 cm³/mol. The van der Waals surface area contributed by atoms with Crippen molar-refractivity contribution in [1.82, 2.24) is 0 Å². The fraction of sp³-hybridized carbons (Fsp3) is 0.667. The van der Waals surface area contributed by atoms with Crippen molar-refractivity contribution in [3.8, 4) is 0 Å². The molecule has 14 heavy (non-hydrogen) atoms. The Bertz CT molecular complexity index is 255. The molecule has 1 atom stereocenters. The van der Waals surface area contributed by atoms with Gasteiger partial charge in [-0.3, -0.25) is 0 Å². The molecule has 1 rings (SSSR count). The highest BCUT2D eigenvalue weighted by molar-refractivity contribution is 7.12. The van der Waals surface area contributed by atoms with Crippen molar-refractivity contribution in [2.45, 2.75) is 52.0 Å². The zero-order valence-corrected chi connectivity index (χ0v) is 10.1. The van der Waals surface area contributed by atoms with Gasteiger partial charge in [0.15, 0.2) is 0 Å². The van der Waals surface area contributed by atoms with Crippen molar-refractivity contribution >= 4 is 11.3 Å². The molecule has 1 nitrogen and oxygen atoms in total. The molecule has 0 saturated heterocycles. The number of aryl methyl sites for hydroxylation is 1. The van der Waals surface area contributed by atoms with Gasteiger partial charge in [-0.1, -0.05) is 33.1 Å². The summed E-state index contributed by atoms with van der Waals surface area (Å²) in [5.41, 5.74) is 6.11. The number of rotatable bonds is 6. The molecule has 0 aliphatic rings. The minimum absolute atomic E-state index is 0.270. The van der Waals surface area contributed by atoms with E-state index in [1.165, 1.54) is 29.0 Å². The number of thiophene rings is 1. The van der Waals surface area contributed by atoms with E-state index in [0.717, 1.165) is 12.8 Å². The van der Waals surface area contributed by atoms with Crippen molar-refractivity contribution in [2.75, 3.05) is 0 Å². The third kappa shape index (κ3) is 3.43. The predicted octanol–water partition coefficient (Wildman–Crippen LogP) is 3.89. The Hall–Kier alpha value is -0.340. The van der Waals surface area contributed by atoms with Crippen LogP contribution in [-0.4, -0.2) is 0 Å². The Labute approximate surface area is 91.3 Å². The number of nitrogens with two attached hydrogens (primary N) is 1. The maximum absolute atomic E-state index is 6.11. The van der Waals surface area contributed by atoms with E-state index in [2.05, 4.69) is 26.0 Å². The summed E-state index contributed by atoms with van der Waals surface area (Å²) in [4.78, 5) is 2.81. The Morgan fingerprint density at radius 3 is 2.64 bits per heavy atom. The fourth-order valence-electron chi connectivity index (χ4n) is 1.54. The van der Waals surface area contributed by atoms with Gasteiger partial charge in [-0.05, 0) is 25.0 Å². The molecular formula is C12H21NS. The van der Waals surface area contributed by atoms with Gasteiger partial charge in [0.2, 0.25) is 0 Å². The molecule has 0 bridgehead atoms. The molecule has 0 spiro atoms. The summed E-state index contributed by atoms with van der Waals surface area (Å²) in [6.07, 6.45) is 6.11. The molecule has 80 valence electrons. The van der Waals surface area contributed by atoms with Crippen LogP contribution in [0.2, 0.25) is 0 Å². The lowest BCUT2D eigenvalue weighted by Gasteiger charge is -2.08. The fourth-order valence-corrected chi connectivity index (χ4v) is 2.53. The van der Waals surface area contributed by atoms with E-state index in [-0.39, 0.29) is 6.04 Å². The smallest absolute Gasteiger partial charge is 0.0389 e. The molecule has 1 aromatic rings. The van der Waals surface area contributed by atoms with Crippen LogP contribution in [0.15, 0.2) is 12.1 Å². The van der Waals surface area contributed by atoms with E-state index in [4.69, 9.17) is 5.73 Å². The molecule has 0 saturated carbocycles. The second-order valence-corrected chi connectivity index (χ2v) is 4.96. The van der Waals surface area contributed by atoms with Crippen molar-refractivity contribution < 1.29 is 0 Å². The molecule has 0 fully saturated rings. The Morgan fingerprint density at radius 2 is 2.07 bits per heavy atom. The van der Waals surface area contributed by atoms with Gasteiger partial charge >= 0.3 is 0 Å². The first-order chi connectivity index (χ1) is 6.77.